The number of aromatic nitrogens is 2. The molecule has 0 unspecified atom stereocenters. The first kappa shape index (κ1) is 20.7. The maximum atomic E-state index is 13.2. The molecule has 1 saturated heterocycles. The number of benzene rings is 1. The summed E-state index contributed by atoms with van der Waals surface area (Å²) in [7, 11) is 0. The lowest BCUT2D eigenvalue weighted by atomic mass is 9.93. The van der Waals surface area contributed by atoms with E-state index in [2.05, 4.69) is 20.2 Å². The van der Waals surface area contributed by atoms with Crippen LogP contribution in [-0.2, 0) is 11.3 Å². The molecule has 2 heterocycles. The molecule has 0 bridgehead atoms. The van der Waals surface area contributed by atoms with Gasteiger partial charge in [-0.1, -0.05) is 11.8 Å². The van der Waals surface area contributed by atoms with Crippen LogP contribution in [0, 0.1) is 18.7 Å². The monoisotopic (exact) mass is 402 g/mol. The predicted molar refractivity (Wildman–Crippen MR) is 111 cm³/mol. The third-order valence-corrected chi connectivity index (χ3v) is 5.69. The van der Waals surface area contributed by atoms with E-state index in [0.29, 0.717) is 18.0 Å². The van der Waals surface area contributed by atoms with Gasteiger partial charge in [0.25, 0.3) is 0 Å². The van der Waals surface area contributed by atoms with Crippen molar-refractivity contribution in [1.82, 2.24) is 14.9 Å². The first-order chi connectivity index (χ1) is 13.5. The summed E-state index contributed by atoms with van der Waals surface area (Å²) in [5, 5.41) is 3.70. The Kier molecular flexibility index (Phi) is 7.39. The third-order valence-electron chi connectivity index (χ3n) is 5.12. The molecule has 0 radical (unpaired) electrons. The number of carbonyl (C=O) groups excluding carboxylic acids is 1. The summed E-state index contributed by atoms with van der Waals surface area (Å²) in [6.07, 6.45) is 9.43. The maximum Gasteiger partial charge on any atom is 0.224 e. The summed E-state index contributed by atoms with van der Waals surface area (Å²) in [6, 6.07) is 4.43. The molecule has 0 spiro atoms. The summed E-state index contributed by atoms with van der Waals surface area (Å²) in [5.74, 6) is 0.222. The average molecular weight is 403 g/mol. The number of amides is 1. The molecule has 5 nitrogen and oxygen atoms in total. The zero-order valence-corrected chi connectivity index (χ0v) is 17.3. The third kappa shape index (κ3) is 6.01. The topological polar surface area (TPSA) is 58.1 Å². The Morgan fingerprint density at radius 2 is 2.14 bits per heavy atom. The molecule has 1 aliphatic heterocycles. The van der Waals surface area contributed by atoms with E-state index in [1.807, 2.05) is 18.6 Å². The van der Waals surface area contributed by atoms with Crippen molar-refractivity contribution in [3.63, 3.8) is 0 Å². The van der Waals surface area contributed by atoms with E-state index in [9.17, 15) is 9.18 Å². The minimum atomic E-state index is -0.286. The van der Waals surface area contributed by atoms with Crippen molar-refractivity contribution in [2.45, 2.75) is 44.3 Å². The van der Waals surface area contributed by atoms with E-state index in [4.69, 9.17) is 0 Å². The summed E-state index contributed by atoms with van der Waals surface area (Å²) in [4.78, 5) is 23.4. The van der Waals surface area contributed by atoms with Gasteiger partial charge in [0.05, 0.1) is 0 Å². The summed E-state index contributed by atoms with van der Waals surface area (Å²) >= 11 is 1.54. The number of piperidine rings is 1. The number of thioether (sulfide) groups is 1. The number of carbonyl (C=O) groups is 1. The van der Waals surface area contributed by atoms with Gasteiger partial charge in [-0.05, 0) is 68.7 Å². The van der Waals surface area contributed by atoms with Crippen LogP contribution in [0.15, 0.2) is 35.7 Å². The Morgan fingerprint density at radius 3 is 2.86 bits per heavy atom. The van der Waals surface area contributed by atoms with Crippen LogP contribution in [0.2, 0.25) is 0 Å². The zero-order valence-electron chi connectivity index (χ0n) is 16.4. The number of rotatable bonds is 7. The number of anilines is 1. The molecular formula is C21H27FN4OS. The van der Waals surface area contributed by atoms with Crippen molar-refractivity contribution >= 4 is 23.4 Å². The van der Waals surface area contributed by atoms with Crippen LogP contribution in [0.25, 0.3) is 0 Å². The largest absolute Gasteiger partial charge is 0.326 e. The van der Waals surface area contributed by atoms with Gasteiger partial charge in [0.1, 0.15) is 5.82 Å². The van der Waals surface area contributed by atoms with Gasteiger partial charge < -0.3 is 5.32 Å². The first-order valence-electron chi connectivity index (χ1n) is 9.67. The molecule has 2 aromatic rings. The van der Waals surface area contributed by atoms with Crippen LogP contribution < -0.4 is 5.32 Å². The quantitative estimate of drug-likeness (QED) is 0.553. The molecule has 1 aromatic carbocycles. The van der Waals surface area contributed by atoms with Gasteiger partial charge in [-0.25, -0.2) is 14.4 Å². The highest BCUT2D eigenvalue weighted by molar-refractivity contribution is 7.98. The average Bonchev–Trinajstić information content (AvgIpc) is 2.69. The fraction of sp³-hybridized carbons (Fsp3) is 0.476. The Bertz CT molecular complexity index is 799. The predicted octanol–water partition coefficient (Wildman–Crippen LogP) is 4.28. The van der Waals surface area contributed by atoms with E-state index in [1.165, 1.54) is 12.1 Å². The number of hydrogen-bond acceptors (Lipinski definition) is 5. The van der Waals surface area contributed by atoms with E-state index in [-0.39, 0.29) is 11.7 Å². The number of halogens is 1. The lowest BCUT2D eigenvalue weighted by molar-refractivity contribution is -0.116. The molecule has 1 atom stereocenters. The molecule has 1 aliphatic rings. The molecular weight excluding hydrogens is 375 g/mol. The van der Waals surface area contributed by atoms with E-state index < -0.39 is 0 Å². The molecule has 1 fully saturated rings. The highest BCUT2D eigenvalue weighted by Crippen LogP contribution is 2.23. The Morgan fingerprint density at radius 1 is 1.36 bits per heavy atom. The van der Waals surface area contributed by atoms with E-state index in [0.717, 1.165) is 55.2 Å². The molecule has 150 valence electrons. The van der Waals surface area contributed by atoms with Gasteiger partial charge in [-0.15, -0.1) is 0 Å². The van der Waals surface area contributed by atoms with Crippen molar-refractivity contribution in [2.24, 2.45) is 5.92 Å². The number of hydrogen-bond donors (Lipinski definition) is 1. The number of nitrogens with one attached hydrogen (secondary N) is 1. The minimum Gasteiger partial charge on any atom is -0.326 e. The Labute approximate surface area is 170 Å². The standard InChI is InChI=1S/C21H27FN4OS/c1-15-10-18(22)6-7-19(15)25-20(27)8-5-16-4-3-9-26(13-16)14-17-11-23-21(28-2)24-12-17/h6-7,10-12,16H,3-5,8-9,13-14H2,1-2H3,(H,25,27)/t16-/m0/s1. The van der Waals surface area contributed by atoms with Crippen LogP contribution in [0.3, 0.4) is 0 Å². The number of aryl methyl sites for hydroxylation is 1. The molecule has 0 saturated carbocycles. The normalized spacial score (nSPS) is 17.5. The molecule has 1 aromatic heterocycles. The highest BCUT2D eigenvalue weighted by Gasteiger charge is 2.21. The summed E-state index contributed by atoms with van der Waals surface area (Å²) in [5.41, 5.74) is 2.56. The fourth-order valence-corrected chi connectivity index (χ4v) is 3.95. The molecule has 3 rings (SSSR count). The van der Waals surface area contributed by atoms with Gasteiger partial charge in [-0.3, -0.25) is 9.69 Å². The van der Waals surface area contributed by atoms with Crippen molar-refractivity contribution < 1.29 is 9.18 Å². The number of nitrogens with zero attached hydrogens (tertiary/aromatic N) is 3. The Balaban J connectivity index is 1.45. The van der Waals surface area contributed by atoms with Crippen LogP contribution in [0.5, 0.6) is 0 Å². The number of likely N-dealkylation sites (tertiary alicyclic amines) is 1. The van der Waals surface area contributed by atoms with Gasteiger partial charge in [0.15, 0.2) is 5.16 Å². The molecule has 28 heavy (non-hydrogen) atoms. The van der Waals surface area contributed by atoms with Crippen LogP contribution in [-0.4, -0.2) is 40.1 Å². The van der Waals surface area contributed by atoms with Gasteiger partial charge in [0.2, 0.25) is 5.91 Å². The summed E-state index contributed by atoms with van der Waals surface area (Å²) < 4.78 is 13.2. The Hall–Kier alpha value is -1.99. The van der Waals surface area contributed by atoms with Crippen LogP contribution >= 0.6 is 11.8 Å². The van der Waals surface area contributed by atoms with Crippen molar-refractivity contribution in [3.8, 4) is 0 Å². The summed E-state index contributed by atoms with van der Waals surface area (Å²) in [6.45, 7) is 4.72. The molecule has 7 heteroatoms. The van der Waals surface area contributed by atoms with Crippen molar-refractivity contribution in [1.29, 1.82) is 0 Å². The lowest BCUT2D eigenvalue weighted by Gasteiger charge is -2.32. The van der Waals surface area contributed by atoms with E-state index in [1.54, 1.807) is 24.8 Å². The SMILES string of the molecule is CSc1ncc(CN2CCC[C@@H](CCC(=O)Nc3ccc(F)cc3C)C2)cn1. The second kappa shape index (κ2) is 9.98. The van der Waals surface area contributed by atoms with Crippen molar-refractivity contribution in [3.05, 3.63) is 47.5 Å². The second-order valence-corrected chi connectivity index (χ2v) is 8.14. The smallest absolute Gasteiger partial charge is 0.224 e. The van der Waals surface area contributed by atoms with Crippen LogP contribution in [0.1, 0.15) is 36.8 Å². The fourth-order valence-electron chi connectivity index (χ4n) is 3.63. The molecule has 1 amide bonds. The van der Waals surface area contributed by atoms with Gasteiger partial charge in [0, 0.05) is 43.2 Å². The maximum absolute atomic E-state index is 13.2. The van der Waals surface area contributed by atoms with Gasteiger partial charge >= 0.3 is 0 Å². The lowest BCUT2D eigenvalue weighted by Crippen LogP contribution is -2.35. The first-order valence-corrected chi connectivity index (χ1v) is 10.9. The zero-order chi connectivity index (χ0) is 19.9. The minimum absolute atomic E-state index is 0.00659. The van der Waals surface area contributed by atoms with Gasteiger partial charge in [-0.2, -0.15) is 0 Å². The highest BCUT2D eigenvalue weighted by atomic mass is 32.2. The van der Waals surface area contributed by atoms with E-state index >= 15 is 0 Å². The second-order valence-electron chi connectivity index (χ2n) is 7.37. The molecule has 1 N–H and O–H groups in total. The van der Waals surface area contributed by atoms with Crippen LogP contribution in [0.4, 0.5) is 10.1 Å². The molecule has 0 aliphatic carbocycles. The van der Waals surface area contributed by atoms with Crippen molar-refractivity contribution in [2.75, 3.05) is 24.7 Å².